The summed E-state index contributed by atoms with van der Waals surface area (Å²) in [7, 11) is 0. The Bertz CT molecular complexity index is 408. The lowest BCUT2D eigenvalue weighted by Crippen LogP contribution is -2.52. The van der Waals surface area contributed by atoms with Crippen LogP contribution in [0.15, 0.2) is 14.3 Å². The van der Waals surface area contributed by atoms with Gasteiger partial charge in [-0.15, -0.1) is 11.3 Å². The molecular weight excluding hydrogens is 368 g/mol. The number of rotatable bonds is 2. The Morgan fingerprint density at radius 1 is 1.47 bits per heavy atom. The van der Waals surface area contributed by atoms with Crippen LogP contribution in [0.4, 0.5) is 0 Å². The Labute approximate surface area is 122 Å². The maximum atomic E-state index is 12.1. The van der Waals surface area contributed by atoms with E-state index in [2.05, 4.69) is 49.4 Å². The highest BCUT2D eigenvalue weighted by molar-refractivity contribution is 9.13. The summed E-state index contributed by atoms with van der Waals surface area (Å²) in [6.45, 7) is 4.05. The molecule has 94 valence electrons. The van der Waals surface area contributed by atoms with Crippen LogP contribution in [0.2, 0.25) is 0 Å². The minimum atomic E-state index is -0.0781. The van der Waals surface area contributed by atoms with Gasteiger partial charge in [0.2, 0.25) is 0 Å². The van der Waals surface area contributed by atoms with E-state index in [0.717, 1.165) is 39.1 Å². The molecule has 0 aliphatic carbocycles. The molecule has 2 N–H and O–H groups in total. The second-order valence-corrected chi connectivity index (χ2v) is 7.72. The highest BCUT2D eigenvalue weighted by Crippen LogP contribution is 2.32. The van der Waals surface area contributed by atoms with Gasteiger partial charge in [-0.2, -0.15) is 0 Å². The molecule has 1 fully saturated rings. The lowest BCUT2D eigenvalue weighted by molar-refractivity contribution is 0.0892. The molecule has 3 nitrogen and oxygen atoms in total. The van der Waals surface area contributed by atoms with Crippen molar-refractivity contribution in [3.63, 3.8) is 0 Å². The maximum Gasteiger partial charge on any atom is 0.261 e. The van der Waals surface area contributed by atoms with Crippen LogP contribution in [0.1, 0.15) is 29.4 Å². The van der Waals surface area contributed by atoms with Crippen molar-refractivity contribution in [2.24, 2.45) is 0 Å². The highest BCUT2D eigenvalue weighted by Gasteiger charge is 2.29. The van der Waals surface area contributed by atoms with E-state index < -0.39 is 0 Å². The highest BCUT2D eigenvalue weighted by atomic mass is 79.9. The topological polar surface area (TPSA) is 41.1 Å². The molecule has 0 bridgehead atoms. The Morgan fingerprint density at radius 3 is 2.65 bits per heavy atom. The van der Waals surface area contributed by atoms with Gasteiger partial charge in [-0.25, -0.2) is 0 Å². The molecule has 1 saturated heterocycles. The lowest BCUT2D eigenvalue weighted by Gasteiger charge is -2.34. The fraction of sp³-hybridized carbons (Fsp3) is 0.545. The molecule has 2 heterocycles. The van der Waals surface area contributed by atoms with Gasteiger partial charge in [-0.05, 0) is 70.8 Å². The number of carbonyl (C=O) groups is 1. The number of piperidine rings is 1. The van der Waals surface area contributed by atoms with Gasteiger partial charge < -0.3 is 10.6 Å². The summed E-state index contributed by atoms with van der Waals surface area (Å²) < 4.78 is 1.89. The van der Waals surface area contributed by atoms with Crippen molar-refractivity contribution in [3.05, 3.63) is 19.2 Å². The van der Waals surface area contributed by atoms with Crippen LogP contribution in [-0.4, -0.2) is 24.5 Å². The summed E-state index contributed by atoms with van der Waals surface area (Å²) in [5, 5.41) is 6.44. The Kier molecular flexibility index (Phi) is 4.28. The first-order valence-electron chi connectivity index (χ1n) is 5.48. The Balaban J connectivity index is 2.05. The molecule has 0 unspecified atom stereocenters. The van der Waals surface area contributed by atoms with E-state index in [1.807, 2.05) is 6.07 Å². The van der Waals surface area contributed by atoms with E-state index in [9.17, 15) is 4.79 Å². The van der Waals surface area contributed by atoms with Crippen LogP contribution < -0.4 is 10.6 Å². The van der Waals surface area contributed by atoms with Gasteiger partial charge >= 0.3 is 0 Å². The minimum absolute atomic E-state index is 0.0193. The van der Waals surface area contributed by atoms with E-state index in [1.165, 1.54) is 11.3 Å². The summed E-state index contributed by atoms with van der Waals surface area (Å²) in [6.07, 6.45) is 1.96. The van der Waals surface area contributed by atoms with Gasteiger partial charge in [-0.3, -0.25) is 4.79 Å². The number of halogens is 2. The molecule has 2 rings (SSSR count). The van der Waals surface area contributed by atoms with Crippen LogP contribution >= 0.6 is 43.2 Å². The van der Waals surface area contributed by atoms with Crippen molar-refractivity contribution in [2.45, 2.75) is 25.3 Å². The third kappa shape index (κ3) is 3.30. The normalized spacial score (nSPS) is 19.0. The fourth-order valence-corrected chi connectivity index (χ4v) is 3.83. The average Bonchev–Trinajstić information content (AvgIpc) is 2.60. The minimum Gasteiger partial charge on any atom is -0.346 e. The number of amides is 1. The molecular formula is C11H14Br2N2OS. The first kappa shape index (κ1) is 13.5. The van der Waals surface area contributed by atoms with Gasteiger partial charge in [0.1, 0.15) is 0 Å². The monoisotopic (exact) mass is 380 g/mol. The summed E-state index contributed by atoms with van der Waals surface area (Å²) in [6, 6.07) is 1.86. The van der Waals surface area contributed by atoms with E-state index in [0.29, 0.717) is 0 Å². The van der Waals surface area contributed by atoms with Gasteiger partial charge in [0.15, 0.2) is 0 Å². The molecule has 0 atom stereocenters. The molecule has 1 aliphatic rings. The number of thiophene rings is 1. The van der Waals surface area contributed by atoms with Crippen LogP contribution in [0.25, 0.3) is 0 Å². The number of nitrogens with one attached hydrogen (secondary N) is 2. The van der Waals surface area contributed by atoms with E-state index in [-0.39, 0.29) is 11.4 Å². The second kappa shape index (κ2) is 5.38. The van der Waals surface area contributed by atoms with E-state index in [4.69, 9.17) is 0 Å². The quantitative estimate of drug-likeness (QED) is 0.826. The van der Waals surface area contributed by atoms with Crippen molar-refractivity contribution in [2.75, 3.05) is 13.1 Å². The number of hydrogen-bond donors (Lipinski definition) is 2. The molecule has 0 aromatic carbocycles. The molecule has 1 aromatic rings. The largest absolute Gasteiger partial charge is 0.346 e. The second-order valence-electron chi connectivity index (χ2n) is 4.50. The number of hydrogen-bond acceptors (Lipinski definition) is 3. The molecule has 1 aliphatic heterocycles. The summed E-state index contributed by atoms with van der Waals surface area (Å²) in [5.74, 6) is 0.0193. The predicted molar refractivity (Wildman–Crippen MR) is 77.7 cm³/mol. The van der Waals surface area contributed by atoms with Crippen molar-refractivity contribution in [1.82, 2.24) is 10.6 Å². The maximum absolute atomic E-state index is 12.1. The van der Waals surface area contributed by atoms with Crippen molar-refractivity contribution >= 4 is 49.1 Å². The predicted octanol–water partition coefficient (Wildman–Crippen LogP) is 3.15. The molecule has 1 aromatic heterocycles. The van der Waals surface area contributed by atoms with Crippen LogP contribution in [-0.2, 0) is 0 Å². The summed E-state index contributed by atoms with van der Waals surface area (Å²) in [4.78, 5) is 12.9. The third-order valence-electron chi connectivity index (χ3n) is 2.99. The van der Waals surface area contributed by atoms with Crippen molar-refractivity contribution in [1.29, 1.82) is 0 Å². The molecule has 1 amide bonds. The molecule has 0 saturated carbocycles. The van der Waals surface area contributed by atoms with Crippen LogP contribution in [0.3, 0.4) is 0 Å². The zero-order valence-corrected chi connectivity index (χ0v) is 13.5. The molecule has 0 radical (unpaired) electrons. The first-order chi connectivity index (χ1) is 8.00. The van der Waals surface area contributed by atoms with Crippen LogP contribution in [0.5, 0.6) is 0 Å². The van der Waals surface area contributed by atoms with Gasteiger partial charge in [-0.1, -0.05) is 0 Å². The van der Waals surface area contributed by atoms with Crippen molar-refractivity contribution in [3.8, 4) is 0 Å². The molecule has 0 spiro atoms. The van der Waals surface area contributed by atoms with Crippen molar-refractivity contribution < 1.29 is 4.79 Å². The lowest BCUT2D eigenvalue weighted by atomic mass is 9.90. The Hall–Kier alpha value is 0.0900. The fourth-order valence-electron chi connectivity index (χ4n) is 1.90. The zero-order chi connectivity index (χ0) is 12.5. The van der Waals surface area contributed by atoms with Gasteiger partial charge in [0.05, 0.1) is 8.66 Å². The first-order valence-corrected chi connectivity index (χ1v) is 7.88. The van der Waals surface area contributed by atoms with E-state index >= 15 is 0 Å². The SMILES string of the molecule is CC1(NC(=O)c2cc(Br)c(Br)s2)CCNCC1. The average molecular weight is 382 g/mol. The third-order valence-corrected chi connectivity index (χ3v) is 6.25. The summed E-state index contributed by atoms with van der Waals surface area (Å²) in [5.41, 5.74) is -0.0781. The smallest absolute Gasteiger partial charge is 0.261 e. The standard InChI is InChI=1S/C11H14Br2N2OS/c1-11(2-4-14-5-3-11)15-10(16)8-6-7(12)9(13)17-8/h6,14H,2-5H2,1H3,(H,15,16). The van der Waals surface area contributed by atoms with Gasteiger partial charge in [0.25, 0.3) is 5.91 Å². The summed E-state index contributed by atoms with van der Waals surface area (Å²) >= 11 is 8.25. The van der Waals surface area contributed by atoms with Crippen LogP contribution in [0, 0.1) is 0 Å². The van der Waals surface area contributed by atoms with E-state index in [1.54, 1.807) is 0 Å². The zero-order valence-electron chi connectivity index (χ0n) is 9.48. The Morgan fingerprint density at radius 2 is 2.12 bits per heavy atom. The molecule has 6 heteroatoms. The molecule has 17 heavy (non-hydrogen) atoms. The van der Waals surface area contributed by atoms with Gasteiger partial charge in [0, 0.05) is 10.0 Å². The number of carbonyl (C=O) groups excluding carboxylic acids is 1.